The van der Waals surface area contributed by atoms with Gasteiger partial charge in [0.05, 0.1) is 39.2 Å². The lowest BCUT2D eigenvalue weighted by Gasteiger charge is -2.35. The second kappa shape index (κ2) is 19.7. The average molecular weight is 825 g/mol. The van der Waals surface area contributed by atoms with Crippen molar-refractivity contribution in [1.82, 2.24) is 15.2 Å². The summed E-state index contributed by atoms with van der Waals surface area (Å²) >= 11 is 9.23. The Kier molecular flexibility index (Phi) is 15.1. The van der Waals surface area contributed by atoms with Crippen LogP contribution in [0.2, 0.25) is 5.02 Å². The Balaban J connectivity index is 0.00000295. The highest BCUT2D eigenvalue weighted by Gasteiger charge is 2.45. The van der Waals surface area contributed by atoms with Crippen LogP contribution in [0.15, 0.2) is 76.2 Å². The van der Waals surface area contributed by atoms with Gasteiger partial charge in [0.15, 0.2) is 0 Å². The van der Waals surface area contributed by atoms with Crippen LogP contribution in [0.5, 0.6) is 11.5 Å². The van der Waals surface area contributed by atoms with Gasteiger partial charge >= 0.3 is 5.97 Å². The molecule has 1 fully saturated rings. The number of nitrogens with zero attached hydrogens (tertiary/aromatic N) is 1. The largest absolute Gasteiger partial charge is 0.506 e. The summed E-state index contributed by atoms with van der Waals surface area (Å²) in [5.74, 6) is -0.436. The molecule has 6 rings (SSSR count). The molecule has 0 aliphatic heterocycles. The van der Waals surface area contributed by atoms with E-state index in [0.717, 1.165) is 18.4 Å². The van der Waals surface area contributed by atoms with Crippen molar-refractivity contribution in [2.24, 2.45) is 0 Å². The standard InChI is InChI=1S/C39H43ClN4O8S2.C2H6/c1-44(24-7-9-25(10-8-24)52-38(49)39(50,33-5-3-17-53-33)34-6-4-18-54-34)16-15-36(48)42-29-20-32(51-2)23(19-28(29)40)21-41-22-31(46)26-11-13-30(45)37-27(26)12-14-35(47)43-37;1-2/h3-6,11-14,17-20,24-25,31,41,45-46,50H,7-10,15-16,21-22H2,1-2H3,(H,42,48)(H,43,47);1-2H3. The van der Waals surface area contributed by atoms with E-state index in [1.54, 1.807) is 48.5 Å². The zero-order valence-electron chi connectivity index (χ0n) is 31.8. The molecule has 300 valence electrons. The van der Waals surface area contributed by atoms with Crippen molar-refractivity contribution < 1.29 is 34.4 Å². The summed E-state index contributed by atoms with van der Waals surface area (Å²) in [5, 5.41) is 43.2. The number of aromatic hydroxyl groups is 1. The molecule has 0 bridgehead atoms. The Morgan fingerprint density at radius 3 is 2.34 bits per heavy atom. The number of halogens is 1. The van der Waals surface area contributed by atoms with Crippen molar-refractivity contribution in [3.8, 4) is 11.5 Å². The molecule has 56 heavy (non-hydrogen) atoms. The van der Waals surface area contributed by atoms with Gasteiger partial charge in [-0.15, -0.1) is 22.7 Å². The predicted molar refractivity (Wildman–Crippen MR) is 222 cm³/mol. The molecule has 0 spiro atoms. The van der Waals surface area contributed by atoms with Gasteiger partial charge < -0.3 is 45.3 Å². The molecule has 1 aliphatic carbocycles. The highest BCUT2D eigenvalue weighted by molar-refractivity contribution is 7.12. The van der Waals surface area contributed by atoms with E-state index in [1.165, 1.54) is 41.9 Å². The van der Waals surface area contributed by atoms with Crippen LogP contribution in [0.25, 0.3) is 10.9 Å². The number of benzene rings is 2. The van der Waals surface area contributed by atoms with Crippen LogP contribution in [-0.4, -0.2) is 76.5 Å². The van der Waals surface area contributed by atoms with Crippen LogP contribution in [0.4, 0.5) is 5.69 Å². The molecular formula is C41H49ClN4O8S2. The van der Waals surface area contributed by atoms with Gasteiger partial charge in [0.2, 0.25) is 17.1 Å². The van der Waals surface area contributed by atoms with E-state index in [9.17, 15) is 29.7 Å². The van der Waals surface area contributed by atoms with E-state index in [1.807, 2.05) is 31.7 Å². The number of phenolic OH excluding ortho intramolecular Hbond substituents is 1. The van der Waals surface area contributed by atoms with Crippen LogP contribution in [0, 0.1) is 0 Å². The minimum atomic E-state index is -1.83. The van der Waals surface area contributed by atoms with Crippen molar-refractivity contribution in [1.29, 1.82) is 0 Å². The number of anilines is 1. The van der Waals surface area contributed by atoms with Gasteiger partial charge in [-0.2, -0.15) is 0 Å². The van der Waals surface area contributed by atoms with Gasteiger partial charge in [-0.25, -0.2) is 4.79 Å². The number of ether oxygens (including phenoxy) is 2. The number of pyridine rings is 1. The van der Waals surface area contributed by atoms with Crippen LogP contribution >= 0.6 is 34.3 Å². The number of H-pyrrole nitrogens is 1. The number of phenols is 1. The second-order valence-electron chi connectivity index (χ2n) is 13.4. The molecule has 1 atom stereocenters. The van der Waals surface area contributed by atoms with Gasteiger partial charge in [-0.1, -0.05) is 43.6 Å². The Hall–Kier alpha value is -4.28. The van der Waals surface area contributed by atoms with Crippen molar-refractivity contribution in [3.05, 3.63) is 108 Å². The Bertz CT molecular complexity index is 2080. The number of hydrogen-bond acceptors (Lipinski definition) is 12. The monoisotopic (exact) mass is 824 g/mol. The lowest BCUT2D eigenvalue weighted by atomic mass is 9.91. The summed E-state index contributed by atoms with van der Waals surface area (Å²) in [4.78, 5) is 43.9. The third-order valence-electron chi connectivity index (χ3n) is 9.85. The quantitative estimate of drug-likeness (QED) is 0.0609. The number of esters is 1. The molecule has 0 radical (unpaired) electrons. The maximum absolute atomic E-state index is 13.4. The van der Waals surface area contributed by atoms with Gasteiger partial charge in [0, 0.05) is 55.2 Å². The Morgan fingerprint density at radius 2 is 1.71 bits per heavy atom. The summed E-state index contributed by atoms with van der Waals surface area (Å²) in [6, 6.07) is 16.6. The molecule has 15 heteroatoms. The van der Waals surface area contributed by atoms with Crippen molar-refractivity contribution in [2.45, 2.75) is 76.3 Å². The molecule has 1 unspecified atom stereocenters. The molecular weight excluding hydrogens is 776 g/mol. The fraction of sp³-hybridized carbons (Fsp3) is 0.390. The number of hydrogen-bond donors (Lipinski definition) is 6. The topological polar surface area (TPSA) is 173 Å². The number of nitrogens with one attached hydrogen (secondary N) is 3. The number of aromatic amines is 1. The molecule has 5 aromatic rings. The molecule has 0 saturated heterocycles. The molecule has 3 heterocycles. The van der Waals surface area contributed by atoms with Crippen LogP contribution < -0.4 is 20.9 Å². The fourth-order valence-corrected chi connectivity index (χ4v) is 8.77. The minimum Gasteiger partial charge on any atom is -0.506 e. The number of carbonyl (C=O) groups excluding carboxylic acids is 2. The normalized spacial score (nSPS) is 16.2. The lowest BCUT2D eigenvalue weighted by molar-refractivity contribution is -0.169. The first-order valence-corrected chi connectivity index (χ1v) is 20.7. The summed E-state index contributed by atoms with van der Waals surface area (Å²) in [6.07, 6.45) is 1.88. The third kappa shape index (κ3) is 9.98. The summed E-state index contributed by atoms with van der Waals surface area (Å²) in [5.41, 5.74) is -0.241. The van der Waals surface area contributed by atoms with Crippen molar-refractivity contribution >= 4 is 62.7 Å². The van der Waals surface area contributed by atoms with Gasteiger partial charge in [-0.05, 0) is 79.4 Å². The number of rotatable bonds is 15. The molecule has 1 aliphatic rings. The molecule has 1 saturated carbocycles. The highest BCUT2D eigenvalue weighted by atomic mass is 35.5. The highest BCUT2D eigenvalue weighted by Crippen LogP contribution is 2.38. The van der Waals surface area contributed by atoms with Gasteiger partial charge in [0.25, 0.3) is 0 Å². The predicted octanol–water partition coefficient (Wildman–Crippen LogP) is 6.92. The maximum Gasteiger partial charge on any atom is 0.349 e. The summed E-state index contributed by atoms with van der Waals surface area (Å²) in [6.45, 7) is 4.98. The zero-order chi connectivity index (χ0) is 40.4. The Morgan fingerprint density at radius 1 is 1.04 bits per heavy atom. The zero-order valence-corrected chi connectivity index (χ0v) is 34.2. The number of aromatic nitrogens is 1. The van der Waals surface area contributed by atoms with Crippen LogP contribution in [-0.2, 0) is 26.5 Å². The van der Waals surface area contributed by atoms with E-state index < -0.39 is 17.7 Å². The second-order valence-corrected chi connectivity index (χ2v) is 15.7. The van der Waals surface area contributed by atoms with E-state index in [-0.39, 0.29) is 47.8 Å². The van der Waals surface area contributed by atoms with E-state index in [0.29, 0.717) is 63.1 Å². The number of methoxy groups -OCH3 is 1. The van der Waals surface area contributed by atoms with Crippen molar-refractivity contribution in [3.63, 3.8) is 0 Å². The summed E-state index contributed by atoms with van der Waals surface area (Å²) < 4.78 is 11.5. The lowest BCUT2D eigenvalue weighted by Crippen LogP contribution is -2.42. The summed E-state index contributed by atoms with van der Waals surface area (Å²) in [7, 11) is 3.51. The molecule has 6 N–H and O–H groups in total. The van der Waals surface area contributed by atoms with E-state index >= 15 is 0 Å². The number of fused-ring (bicyclic) bond motifs is 1. The minimum absolute atomic E-state index is 0.0829. The molecule has 1 amide bonds. The van der Waals surface area contributed by atoms with E-state index in [4.69, 9.17) is 21.1 Å². The number of amides is 1. The van der Waals surface area contributed by atoms with Gasteiger partial charge in [-0.3, -0.25) is 9.59 Å². The van der Waals surface area contributed by atoms with Crippen molar-refractivity contribution in [2.75, 3.05) is 32.6 Å². The first-order chi connectivity index (χ1) is 27.0. The Labute approximate surface area is 339 Å². The smallest absolute Gasteiger partial charge is 0.349 e. The number of carbonyl (C=O) groups is 2. The maximum atomic E-state index is 13.4. The first-order valence-electron chi connectivity index (χ1n) is 18.6. The van der Waals surface area contributed by atoms with Gasteiger partial charge in [0.1, 0.15) is 17.6 Å². The third-order valence-corrected chi connectivity index (χ3v) is 12.1. The number of aliphatic hydroxyl groups is 2. The fourth-order valence-electron chi connectivity index (χ4n) is 6.83. The first kappa shape index (κ1) is 42.9. The number of thiophene rings is 2. The molecule has 2 aromatic carbocycles. The molecule has 3 aromatic heterocycles. The SMILES string of the molecule is CC.COc1cc(NC(=O)CCN(C)C2CCC(OC(=O)C(O)(c3cccs3)c3cccs3)CC2)c(Cl)cc1CNCC(O)c1ccc(O)c2[nH]c(=O)ccc12. The molecule has 12 nitrogen and oxygen atoms in total. The van der Waals surface area contributed by atoms with Crippen LogP contribution in [0.1, 0.15) is 72.9 Å². The number of aliphatic hydroxyl groups excluding tert-OH is 1. The van der Waals surface area contributed by atoms with Crippen LogP contribution in [0.3, 0.4) is 0 Å². The van der Waals surface area contributed by atoms with E-state index in [2.05, 4.69) is 20.5 Å². The average Bonchev–Trinajstić information content (AvgIpc) is 3.96.